The summed E-state index contributed by atoms with van der Waals surface area (Å²) in [6.07, 6.45) is 2.40. The third-order valence-electron chi connectivity index (χ3n) is 3.83. The number of ether oxygens (including phenoxy) is 1. The third kappa shape index (κ3) is 4.04. The summed E-state index contributed by atoms with van der Waals surface area (Å²) in [6.45, 7) is 6.85. The van der Waals surface area contributed by atoms with Crippen LogP contribution < -0.4 is 4.74 Å². The van der Waals surface area contributed by atoms with Gasteiger partial charge in [-0.05, 0) is 38.1 Å². The Hall–Kier alpha value is -1.95. The fraction of sp³-hybridized carbons (Fsp3) is 0.562. The van der Waals surface area contributed by atoms with E-state index in [1.165, 1.54) is 25.0 Å². The molecule has 0 aromatic heterocycles. The largest absolute Gasteiger partial charge is 0.485 e. The number of ketones is 1. The Morgan fingerprint density at radius 3 is 2.64 bits per heavy atom. The number of nitro benzene ring substituents is 1. The Morgan fingerprint density at radius 1 is 1.36 bits per heavy atom. The topological polar surface area (TPSA) is 72.7 Å². The van der Waals surface area contributed by atoms with Gasteiger partial charge < -0.3 is 4.74 Å². The molecular weight excluding hydrogens is 284 g/mol. The lowest BCUT2D eigenvalue weighted by atomic mass is 10.0. The highest BCUT2D eigenvalue weighted by molar-refractivity contribution is 5.98. The van der Waals surface area contributed by atoms with Crippen LogP contribution in [0, 0.1) is 16.0 Å². The predicted molar refractivity (Wildman–Crippen MR) is 83.4 cm³/mol. The number of carbonyl (C=O) groups excluding carboxylic acids is 1. The molecule has 1 aromatic rings. The van der Waals surface area contributed by atoms with Crippen LogP contribution in [0.2, 0.25) is 0 Å². The number of Topliss-reactive ketones (excluding diaryl/α,β-unsaturated/α-hetero) is 1. The molecular formula is C16H22N2O4. The van der Waals surface area contributed by atoms with Gasteiger partial charge in [0.25, 0.3) is 0 Å². The van der Waals surface area contributed by atoms with E-state index in [1.54, 1.807) is 19.9 Å². The molecule has 0 aliphatic carbocycles. The molecule has 0 amide bonds. The number of nitrogens with zero attached hydrogens (tertiary/aromatic N) is 2. The van der Waals surface area contributed by atoms with Gasteiger partial charge in [-0.25, -0.2) is 0 Å². The maximum Gasteiger partial charge on any atom is 0.311 e. The van der Waals surface area contributed by atoms with E-state index in [4.69, 9.17) is 4.74 Å². The zero-order chi connectivity index (χ0) is 16.1. The van der Waals surface area contributed by atoms with Crippen molar-refractivity contribution in [1.82, 2.24) is 4.90 Å². The van der Waals surface area contributed by atoms with Gasteiger partial charge in [-0.15, -0.1) is 0 Å². The molecule has 0 unspecified atom stereocenters. The number of carbonyl (C=O) groups is 1. The van der Waals surface area contributed by atoms with Crippen LogP contribution in [0.25, 0.3) is 0 Å². The summed E-state index contributed by atoms with van der Waals surface area (Å²) in [6, 6.07) is 4.44. The molecule has 0 atom stereocenters. The second kappa shape index (κ2) is 7.35. The molecule has 0 spiro atoms. The molecule has 1 aliphatic heterocycles. The third-order valence-corrected chi connectivity index (χ3v) is 3.83. The lowest BCUT2D eigenvalue weighted by Gasteiger charge is -2.15. The average molecular weight is 306 g/mol. The van der Waals surface area contributed by atoms with E-state index < -0.39 is 4.92 Å². The average Bonchev–Trinajstić information content (AvgIpc) is 2.99. The van der Waals surface area contributed by atoms with Crippen LogP contribution in [0.1, 0.15) is 37.0 Å². The molecule has 1 aliphatic rings. The van der Waals surface area contributed by atoms with Gasteiger partial charge >= 0.3 is 5.69 Å². The summed E-state index contributed by atoms with van der Waals surface area (Å²) < 4.78 is 5.56. The molecule has 1 heterocycles. The van der Waals surface area contributed by atoms with Crippen molar-refractivity contribution in [2.24, 2.45) is 5.92 Å². The lowest BCUT2D eigenvalue weighted by Crippen LogP contribution is -2.25. The van der Waals surface area contributed by atoms with Crippen molar-refractivity contribution < 1.29 is 14.5 Å². The molecule has 6 nitrogen and oxygen atoms in total. The molecule has 0 N–H and O–H groups in total. The SMILES string of the molecule is CC(C)C(=O)c1ccc(OCCN2CCCC2)c([N+](=O)[O-])c1. The molecule has 2 rings (SSSR count). The number of rotatable bonds is 7. The first-order valence-corrected chi connectivity index (χ1v) is 7.67. The number of benzene rings is 1. The van der Waals surface area contributed by atoms with Crippen molar-refractivity contribution in [3.05, 3.63) is 33.9 Å². The van der Waals surface area contributed by atoms with Crippen molar-refractivity contribution in [3.8, 4) is 5.75 Å². The molecule has 0 bridgehead atoms. The minimum absolute atomic E-state index is 0.105. The Bertz CT molecular complexity index is 551. The smallest absolute Gasteiger partial charge is 0.311 e. The van der Waals surface area contributed by atoms with Crippen molar-refractivity contribution in [1.29, 1.82) is 0 Å². The van der Waals surface area contributed by atoms with Crippen LogP contribution in [0.15, 0.2) is 18.2 Å². The summed E-state index contributed by atoms with van der Waals surface area (Å²) in [5.74, 6) is -0.0715. The zero-order valence-electron chi connectivity index (χ0n) is 13.1. The first-order chi connectivity index (χ1) is 10.5. The van der Waals surface area contributed by atoms with Gasteiger partial charge in [0.15, 0.2) is 11.5 Å². The van der Waals surface area contributed by atoms with E-state index in [0.717, 1.165) is 19.6 Å². The fourth-order valence-corrected chi connectivity index (χ4v) is 2.56. The van der Waals surface area contributed by atoms with Gasteiger partial charge in [0.2, 0.25) is 0 Å². The maximum atomic E-state index is 11.9. The molecule has 120 valence electrons. The number of nitro groups is 1. The zero-order valence-corrected chi connectivity index (χ0v) is 13.1. The van der Waals surface area contributed by atoms with Crippen LogP contribution in [-0.2, 0) is 0 Å². The summed E-state index contributed by atoms with van der Waals surface area (Å²) in [5, 5.41) is 11.2. The molecule has 6 heteroatoms. The minimum Gasteiger partial charge on any atom is -0.485 e. The van der Waals surface area contributed by atoms with Crippen molar-refractivity contribution in [2.45, 2.75) is 26.7 Å². The van der Waals surface area contributed by atoms with Gasteiger partial charge in [0.1, 0.15) is 6.61 Å². The van der Waals surface area contributed by atoms with Gasteiger partial charge in [0, 0.05) is 24.1 Å². The van der Waals surface area contributed by atoms with Crippen LogP contribution in [0.4, 0.5) is 5.69 Å². The summed E-state index contributed by atoms with van der Waals surface area (Å²) >= 11 is 0. The second-order valence-electron chi connectivity index (χ2n) is 5.86. The molecule has 1 fully saturated rings. The first-order valence-electron chi connectivity index (χ1n) is 7.67. The summed E-state index contributed by atoms with van der Waals surface area (Å²) in [5.41, 5.74) is 0.210. The summed E-state index contributed by atoms with van der Waals surface area (Å²) in [4.78, 5) is 24.9. The second-order valence-corrected chi connectivity index (χ2v) is 5.86. The van der Waals surface area contributed by atoms with E-state index in [9.17, 15) is 14.9 Å². The van der Waals surface area contributed by atoms with Crippen molar-refractivity contribution in [3.63, 3.8) is 0 Å². The quantitative estimate of drug-likeness (QED) is 0.440. The van der Waals surface area contributed by atoms with E-state index >= 15 is 0 Å². The summed E-state index contributed by atoms with van der Waals surface area (Å²) in [7, 11) is 0. The molecule has 0 saturated carbocycles. The Labute approximate surface area is 130 Å². The monoisotopic (exact) mass is 306 g/mol. The number of hydrogen-bond acceptors (Lipinski definition) is 5. The first kappa shape index (κ1) is 16.4. The van der Waals surface area contributed by atoms with Gasteiger partial charge in [-0.1, -0.05) is 13.8 Å². The number of likely N-dealkylation sites (tertiary alicyclic amines) is 1. The van der Waals surface area contributed by atoms with Crippen LogP contribution in [0.3, 0.4) is 0 Å². The highest BCUT2D eigenvalue weighted by Gasteiger charge is 2.20. The molecule has 0 radical (unpaired) electrons. The standard InChI is InChI=1S/C16H22N2O4/c1-12(2)16(19)13-5-6-15(14(11-13)18(20)21)22-10-9-17-7-3-4-8-17/h5-6,11-12H,3-4,7-10H2,1-2H3. The van der Waals surface area contributed by atoms with Gasteiger partial charge in [-0.3, -0.25) is 19.8 Å². The van der Waals surface area contributed by atoms with E-state index in [0.29, 0.717) is 12.2 Å². The maximum absolute atomic E-state index is 11.9. The molecule has 22 heavy (non-hydrogen) atoms. The van der Waals surface area contributed by atoms with Gasteiger partial charge in [-0.2, -0.15) is 0 Å². The minimum atomic E-state index is -0.498. The fourth-order valence-electron chi connectivity index (χ4n) is 2.56. The lowest BCUT2D eigenvalue weighted by molar-refractivity contribution is -0.385. The van der Waals surface area contributed by atoms with Crippen molar-refractivity contribution >= 4 is 11.5 Å². The van der Waals surface area contributed by atoms with E-state index in [1.807, 2.05) is 0 Å². The highest BCUT2D eigenvalue weighted by atomic mass is 16.6. The Balaban J connectivity index is 2.06. The molecule has 1 saturated heterocycles. The van der Waals surface area contributed by atoms with Gasteiger partial charge in [0.05, 0.1) is 4.92 Å². The molecule has 1 aromatic carbocycles. The van der Waals surface area contributed by atoms with E-state index in [-0.39, 0.29) is 23.1 Å². The van der Waals surface area contributed by atoms with Crippen LogP contribution in [-0.4, -0.2) is 41.8 Å². The van der Waals surface area contributed by atoms with Crippen LogP contribution in [0.5, 0.6) is 5.75 Å². The van der Waals surface area contributed by atoms with Crippen molar-refractivity contribution in [2.75, 3.05) is 26.2 Å². The van der Waals surface area contributed by atoms with E-state index in [2.05, 4.69) is 4.90 Å². The Morgan fingerprint density at radius 2 is 2.05 bits per heavy atom. The predicted octanol–water partition coefficient (Wildman–Crippen LogP) is 2.91. The highest BCUT2D eigenvalue weighted by Crippen LogP contribution is 2.29. The van der Waals surface area contributed by atoms with Crippen LogP contribution >= 0.6 is 0 Å². The Kier molecular flexibility index (Phi) is 5.49. The number of hydrogen-bond donors (Lipinski definition) is 0. The normalized spacial score (nSPS) is 15.2.